The van der Waals surface area contributed by atoms with E-state index in [1.54, 1.807) is 0 Å². The Bertz CT molecular complexity index is 501. The highest BCUT2D eigenvalue weighted by Crippen LogP contribution is 2.14. The lowest BCUT2D eigenvalue weighted by Gasteiger charge is -2.36. The number of nitrogens with zero attached hydrogens (tertiary/aromatic N) is 4. The predicted molar refractivity (Wildman–Crippen MR) is 87.0 cm³/mol. The molecule has 2 aliphatic heterocycles. The number of hydrogen-bond acceptors (Lipinski definition) is 5. The Labute approximate surface area is 135 Å². The lowest BCUT2D eigenvalue weighted by Crippen LogP contribution is -2.53. The fraction of sp³-hybridized carbons (Fsp3) is 0.733. The fourth-order valence-corrected chi connectivity index (χ4v) is 3.78. The van der Waals surface area contributed by atoms with Crippen LogP contribution >= 0.6 is 11.8 Å². The van der Waals surface area contributed by atoms with Gasteiger partial charge in [0, 0.05) is 50.4 Å². The van der Waals surface area contributed by atoms with E-state index in [0.717, 1.165) is 44.2 Å². The van der Waals surface area contributed by atoms with Crippen molar-refractivity contribution in [3.05, 3.63) is 18.0 Å². The van der Waals surface area contributed by atoms with Crippen LogP contribution in [0.25, 0.3) is 0 Å². The minimum absolute atomic E-state index is 0.167. The van der Waals surface area contributed by atoms with E-state index in [0.29, 0.717) is 13.2 Å². The van der Waals surface area contributed by atoms with Crippen molar-refractivity contribution < 1.29 is 9.53 Å². The number of amides is 1. The van der Waals surface area contributed by atoms with Crippen molar-refractivity contribution in [2.75, 3.05) is 50.8 Å². The Morgan fingerprint density at radius 1 is 1.36 bits per heavy atom. The summed E-state index contributed by atoms with van der Waals surface area (Å²) in [4.78, 5) is 16.8. The molecule has 0 bridgehead atoms. The summed E-state index contributed by atoms with van der Waals surface area (Å²) in [5.41, 5.74) is 1.18. The number of rotatable bonds is 4. The Morgan fingerprint density at radius 3 is 2.91 bits per heavy atom. The summed E-state index contributed by atoms with van der Waals surface area (Å²) in [5.74, 6) is 2.25. The van der Waals surface area contributed by atoms with Crippen molar-refractivity contribution in [3.8, 4) is 0 Å². The van der Waals surface area contributed by atoms with Crippen LogP contribution < -0.4 is 0 Å². The van der Waals surface area contributed by atoms with Gasteiger partial charge in [-0.3, -0.25) is 14.4 Å². The molecule has 7 heteroatoms. The van der Waals surface area contributed by atoms with Gasteiger partial charge in [0.2, 0.25) is 0 Å². The molecule has 0 aliphatic carbocycles. The number of thioether (sulfide) groups is 1. The van der Waals surface area contributed by atoms with Crippen LogP contribution in [0.5, 0.6) is 0 Å². The van der Waals surface area contributed by atoms with Gasteiger partial charge in [0.15, 0.2) is 0 Å². The van der Waals surface area contributed by atoms with E-state index >= 15 is 0 Å². The van der Waals surface area contributed by atoms with Crippen molar-refractivity contribution in [3.63, 3.8) is 0 Å². The largest absolute Gasteiger partial charge is 0.366 e. The lowest BCUT2D eigenvalue weighted by atomic mass is 10.2. The molecule has 0 saturated carbocycles. The van der Waals surface area contributed by atoms with Gasteiger partial charge in [-0.2, -0.15) is 16.9 Å². The highest BCUT2D eigenvalue weighted by atomic mass is 32.2. The van der Waals surface area contributed by atoms with Crippen molar-refractivity contribution in [2.24, 2.45) is 0 Å². The van der Waals surface area contributed by atoms with Crippen LogP contribution in [0.4, 0.5) is 0 Å². The normalized spacial score (nSPS) is 23.7. The minimum Gasteiger partial charge on any atom is -0.366 e. The molecule has 0 aromatic carbocycles. The van der Waals surface area contributed by atoms with Gasteiger partial charge in [-0.05, 0) is 12.5 Å². The number of aromatic nitrogens is 2. The third-order valence-corrected chi connectivity index (χ3v) is 5.10. The molecule has 3 heterocycles. The standard InChI is InChI=1S/C15H24N4O2S/c1-13-10-16-19(11-13)3-2-17-4-7-21-14(12-17)15(20)18-5-8-22-9-6-18/h10-11,14H,2-9,12H2,1H3. The molecule has 22 heavy (non-hydrogen) atoms. The molecule has 1 aromatic heterocycles. The van der Waals surface area contributed by atoms with E-state index in [1.807, 2.05) is 34.5 Å². The van der Waals surface area contributed by atoms with Crippen LogP contribution in [0.3, 0.4) is 0 Å². The molecule has 3 rings (SSSR count). The molecular formula is C15H24N4O2S. The average molecular weight is 324 g/mol. The molecule has 1 aromatic rings. The Kier molecular flexibility index (Phi) is 5.38. The topological polar surface area (TPSA) is 50.6 Å². The maximum absolute atomic E-state index is 12.5. The van der Waals surface area contributed by atoms with E-state index in [4.69, 9.17) is 4.74 Å². The average Bonchev–Trinajstić information content (AvgIpc) is 2.99. The van der Waals surface area contributed by atoms with Gasteiger partial charge in [0.05, 0.1) is 19.3 Å². The molecule has 0 radical (unpaired) electrons. The molecule has 122 valence electrons. The Hall–Kier alpha value is -1.05. The number of carbonyl (C=O) groups is 1. The van der Waals surface area contributed by atoms with Crippen molar-refractivity contribution in [1.82, 2.24) is 19.6 Å². The molecule has 2 fully saturated rings. The van der Waals surface area contributed by atoms with Gasteiger partial charge in [-0.1, -0.05) is 0 Å². The number of carbonyl (C=O) groups excluding carboxylic acids is 1. The van der Waals surface area contributed by atoms with E-state index < -0.39 is 0 Å². The van der Waals surface area contributed by atoms with Crippen LogP contribution in [-0.4, -0.2) is 82.4 Å². The van der Waals surface area contributed by atoms with Gasteiger partial charge in [-0.15, -0.1) is 0 Å². The summed E-state index contributed by atoms with van der Waals surface area (Å²) in [6, 6.07) is 0. The summed E-state index contributed by atoms with van der Waals surface area (Å²) in [6.07, 6.45) is 3.63. The van der Waals surface area contributed by atoms with E-state index in [2.05, 4.69) is 16.2 Å². The second-order valence-corrected chi connectivity index (χ2v) is 7.10. The molecule has 1 atom stereocenters. The number of aryl methyl sites for hydroxylation is 1. The van der Waals surface area contributed by atoms with E-state index in [1.165, 1.54) is 5.56 Å². The lowest BCUT2D eigenvalue weighted by molar-refractivity contribution is -0.149. The van der Waals surface area contributed by atoms with Crippen molar-refractivity contribution >= 4 is 17.7 Å². The summed E-state index contributed by atoms with van der Waals surface area (Å²) < 4.78 is 7.68. The molecule has 2 saturated heterocycles. The van der Waals surface area contributed by atoms with Gasteiger partial charge in [-0.25, -0.2) is 0 Å². The van der Waals surface area contributed by atoms with E-state index in [-0.39, 0.29) is 12.0 Å². The number of hydrogen-bond donors (Lipinski definition) is 0. The summed E-state index contributed by atoms with van der Waals surface area (Å²) in [6.45, 7) is 7.74. The third kappa shape index (κ3) is 4.02. The first-order valence-electron chi connectivity index (χ1n) is 7.92. The smallest absolute Gasteiger partial charge is 0.253 e. The number of ether oxygens (including phenoxy) is 1. The maximum atomic E-state index is 12.5. The SMILES string of the molecule is Cc1cnn(CCN2CCOC(C(=O)N3CCSCC3)C2)c1. The summed E-state index contributed by atoms with van der Waals surface area (Å²) >= 11 is 1.92. The third-order valence-electron chi connectivity index (χ3n) is 4.16. The highest BCUT2D eigenvalue weighted by molar-refractivity contribution is 7.99. The van der Waals surface area contributed by atoms with Gasteiger partial charge < -0.3 is 9.64 Å². The van der Waals surface area contributed by atoms with Crippen LogP contribution in [0.15, 0.2) is 12.4 Å². The molecule has 0 N–H and O–H groups in total. The van der Waals surface area contributed by atoms with Crippen LogP contribution in [0.2, 0.25) is 0 Å². The first kappa shape index (κ1) is 15.8. The van der Waals surface area contributed by atoms with Gasteiger partial charge in [0.1, 0.15) is 6.10 Å². The molecular weight excluding hydrogens is 300 g/mol. The zero-order valence-electron chi connectivity index (χ0n) is 13.1. The van der Waals surface area contributed by atoms with Crippen molar-refractivity contribution in [2.45, 2.75) is 19.6 Å². The van der Waals surface area contributed by atoms with Crippen LogP contribution in [0.1, 0.15) is 5.56 Å². The minimum atomic E-state index is -0.295. The molecule has 1 amide bonds. The van der Waals surface area contributed by atoms with Gasteiger partial charge in [0.25, 0.3) is 5.91 Å². The molecule has 2 aliphatic rings. The fourth-order valence-electron chi connectivity index (χ4n) is 2.88. The molecule has 0 spiro atoms. The monoisotopic (exact) mass is 324 g/mol. The molecule has 1 unspecified atom stereocenters. The van der Waals surface area contributed by atoms with Crippen LogP contribution in [0, 0.1) is 6.92 Å². The van der Waals surface area contributed by atoms with E-state index in [9.17, 15) is 4.79 Å². The van der Waals surface area contributed by atoms with Crippen molar-refractivity contribution in [1.29, 1.82) is 0 Å². The Balaban J connectivity index is 1.49. The molecule has 6 nitrogen and oxygen atoms in total. The maximum Gasteiger partial charge on any atom is 0.253 e. The quantitative estimate of drug-likeness (QED) is 0.806. The first-order valence-corrected chi connectivity index (χ1v) is 9.07. The number of morpholine rings is 1. The summed E-state index contributed by atoms with van der Waals surface area (Å²) in [7, 11) is 0. The zero-order valence-corrected chi connectivity index (χ0v) is 13.9. The Morgan fingerprint density at radius 2 is 2.18 bits per heavy atom. The summed E-state index contributed by atoms with van der Waals surface area (Å²) in [5, 5.41) is 4.31. The second-order valence-electron chi connectivity index (χ2n) is 5.88. The van der Waals surface area contributed by atoms with Gasteiger partial charge >= 0.3 is 0 Å². The second kappa shape index (κ2) is 7.48. The predicted octanol–water partition coefficient (Wildman–Crippen LogP) is 0.468. The van der Waals surface area contributed by atoms with Crippen LogP contribution in [-0.2, 0) is 16.1 Å². The zero-order chi connectivity index (χ0) is 15.4. The highest BCUT2D eigenvalue weighted by Gasteiger charge is 2.30. The first-order chi connectivity index (χ1) is 10.7.